The van der Waals surface area contributed by atoms with Gasteiger partial charge in [-0.25, -0.2) is 0 Å². The average molecular weight is 313 g/mol. The van der Waals surface area contributed by atoms with E-state index in [1.807, 2.05) is 18.2 Å². The average Bonchev–Trinajstić information content (AvgIpc) is 2.49. The molecule has 0 fully saturated rings. The molecule has 1 rings (SSSR count). The highest BCUT2D eigenvalue weighted by Gasteiger charge is 2.16. The van der Waals surface area contributed by atoms with Crippen LogP contribution in [0.25, 0.3) is 0 Å². The summed E-state index contributed by atoms with van der Waals surface area (Å²) in [7, 11) is 0. The molecule has 1 amide bonds. The lowest BCUT2D eigenvalue weighted by molar-refractivity contribution is -0.122. The summed E-state index contributed by atoms with van der Waals surface area (Å²) in [4.78, 5) is 12.2. The van der Waals surface area contributed by atoms with E-state index < -0.39 is 0 Å². The molecule has 0 aliphatic rings. The second kappa shape index (κ2) is 11.6. The van der Waals surface area contributed by atoms with E-state index in [1.165, 1.54) is 5.56 Å². The van der Waals surface area contributed by atoms with Crippen molar-refractivity contribution in [3.05, 3.63) is 35.9 Å². The van der Waals surface area contributed by atoms with E-state index in [1.54, 1.807) is 0 Å². The molecule has 4 heteroatoms. The molecular weight excluding hydrogens is 284 g/mol. The first-order chi connectivity index (χ1) is 9.71. The van der Waals surface area contributed by atoms with Gasteiger partial charge in [0.25, 0.3) is 0 Å². The Kier molecular flexibility index (Phi) is 11.0. The van der Waals surface area contributed by atoms with Gasteiger partial charge < -0.3 is 11.1 Å². The maximum atomic E-state index is 12.2. The van der Waals surface area contributed by atoms with Crippen molar-refractivity contribution in [2.45, 2.75) is 57.9 Å². The Hall–Kier alpha value is -1.06. The molecule has 0 saturated heterocycles. The molecule has 120 valence electrons. The number of halogens is 1. The van der Waals surface area contributed by atoms with Crippen molar-refractivity contribution in [2.24, 2.45) is 5.73 Å². The van der Waals surface area contributed by atoms with Crippen molar-refractivity contribution in [3.8, 4) is 0 Å². The van der Waals surface area contributed by atoms with Crippen LogP contribution in [0.1, 0.15) is 57.4 Å². The van der Waals surface area contributed by atoms with E-state index in [-0.39, 0.29) is 24.4 Å². The summed E-state index contributed by atoms with van der Waals surface area (Å²) in [6.45, 7) is 4.80. The number of carbonyl (C=O) groups is 1. The monoisotopic (exact) mass is 312 g/mol. The number of rotatable bonds is 9. The summed E-state index contributed by atoms with van der Waals surface area (Å²) < 4.78 is 0. The number of nitrogens with one attached hydrogen (secondary N) is 1. The Labute approximate surface area is 135 Å². The van der Waals surface area contributed by atoms with Crippen molar-refractivity contribution in [1.82, 2.24) is 5.32 Å². The molecule has 0 bridgehead atoms. The van der Waals surface area contributed by atoms with Gasteiger partial charge in [0, 0.05) is 19.0 Å². The van der Waals surface area contributed by atoms with Gasteiger partial charge in [-0.1, -0.05) is 57.0 Å². The zero-order valence-electron chi connectivity index (χ0n) is 13.2. The van der Waals surface area contributed by atoms with Gasteiger partial charge in [-0.05, 0) is 24.3 Å². The summed E-state index contributed by atoms with van der Waals surface area (Å²) in [6, 6.07) is 10.4. The topological polar surface area (TPSA) is 55.1 Å². The summed E-state index contributed by atoms with van der Waals surface area (Å²) in [6.07, 6.45) is 4.73. The highest BCUT2D eigenvalue weighted by molar-refractivity contribution is 5.85. The van der Waals surface area contributed by atoms with Gasteiger partial charge >= 0.3 is 0 Å². The largest absolute Gasteiger partial charge is 0.352 e. The highest BCUT2D eigenvalue weighted by Crippen LogP contribution is 2.22. The Morgan fingerprint density at radius 3 is 2.43 bits per heavy atom. The Morgan fingerprint density at radius 1 is 1.24 bits per heavy atom. The van der Waals surface area contributed by atoms with Crippen molar-refractivity contribution in [1.29, 1.82) is 0 Å². The number of hydrogen-bond acceptors (Lipinski definition) is 2. The van der Waals surface area contributed by atoms with E-state index in [4.69, 9.17) is 5.73 Å². The number of hydrogen-bond donors (Lipinski definition) is 2. The first kappa shape index (κ1) is 19.9. The molecule has 0 aliphatic carbocycles. The van der Waals surface area contributed by atoms with Crippen LogP contribution < -0.4 is 11.1 Å². The van der Waals surface area contributed by atoms with Crippen LogP contribution in [0.5, 0.6) is 0 Å². The standard InChI is InChI=1S/C17H28N2O.ClH/c1-3-5-11-16(13-18)19-17(20)12-14(4-2)15-9-7-6-8-10-15;/h6-10,14,16H,3-5,11-13,18H2,1-2H3,(H,19,20);1H. The third-order valence-corrected chi connectivity index (χ3v) is 3.75. The van der Waals surface area contributed by atoms with E-state index >= 15 is 0 Å². The number of carbonyl (C=O) groups excluding carboxylic acids is 1. The van der Waals surface area contributed by atoms with Crippen LogP contribution in [0.3, 0.4) is 0 Å². The number of unbranched alkanes of at least 4 members (excludes halogenated alkanes) is 1. The second-order valence-electron chi connectivity index (χ2n) is 5.36. The fraction of sp³-hybridized carbons (Fsp3) is 0.588. The second-order valence-corrected chi connectivity index (χ2v) is 5.36. The predicted molar refractivity (Wildman–Crippen MR) is 91.8 cm³/mol. The third-order valence-electron chi connectivity index (χ3n) is 3.75. The van der Waals surface area contributed by atoms with Crippen molar-refractivity contribution in [3.63, 3.8) is 0 Å². The number of benzene rings is 1. The molecular formula is C17H29ClN2O. The predicted octanol–water partition coefficient (Wildman–Crippen LogP) is 3.63. The molecule has 0 aromatic heterocycles. The molecule has 1 aromatic rings. The van der Waals surface area contributed by atoms with E-state index in [0.29, 0.717) is 18.9 Å². The van der Waals surface area contributed by atoms with Gasteiger partial charge in [0.2, 0.25) is 5.91 Å². The normalized spacial score (nSPS) is 13.1. The molecule has 1 aromatic carbocycles. The van der Waals surface area contributed by atoms with Crippen LogP contribution in [0.4, 0.5) is 0 Å². The zero-order valence-corrected chi connectivity index (χ0v) is 14.0. The fourth-order valence-corrected chi connectivity index (χ4v) is 2.43. The lowest BCUT2D eigenvalue weighted by atomic mass is 9.93. The summed E-state index contributed by atoms with van der Waals surface area (Å²) in [5.41, 5.74) is 6.96. The minimum atomic E-state index is 0. The van der Waals surface area contributed by atoms with Gasteiger partial charge in [-0.3, -0.25) is 4.79 Å². The van der Waals surface area contributed by atoms with Gasteiger partial charge in [0.1, 0.15) is 0 Å². The van der Waals surface area contributed by atoms with Crippen molar-refractivity contribution in [2.75, 3.05) is 6.54 Å². The van der Waals surface area contributed by atoms with Crippen LogP contribution in [-0.2, 0) is 4.79 Å². The number of amides is 1. The summed E-state index contributed by atoms with van der Waals surface area (Å²) in [5.74, 6) is 0.410. The lowest BCUT2D eigenvalue weighted by Gasteiger charge is -2.19. The minimum Gasteiger partial charge on any atom is -0.352 e. The highest BCUT2D eigenvalue weighted by atomic mass is 35.5. The lowest BCUT2D eigenvalue weighted by Crippen LogP contribution is -2.40. The van der Waals surface area contributed by atoms with E-state index in [2.05, 4.69) is 31.3 Å². The maximum absolute atomic E-state index is 12.2. The zero-order chi connectivity index (χ0) is 14.8. The number of nitrogens with two attached hydrogens (primary N) is 1. The van der Waals surface area contributed by atoms with Crippen molar-refractivity contribution < 1.29 is 4.79 Å². The molecule has 0 aliphatic heterocycles. The summed E-state index contributed by atoms with van der Waals surface area (Å²) in [5, 5.41) is 3.07. The smallest absolute Gasteiger partial charge is 0.220 e. The first-order valence-corrected chi connectivity index (χ1v) is 7.75. The molecule has 2 atom stereocenters. The molecule has 3 nitrogen and oxygen atoms in total. The molecule has 3 N–H and O–H groups in total. The third kappa shape index (κ3) is 7.49. The maximum Gasteiger partial charge on any atom is 0.220 e. The molecule has 0 heterocycles. The van der Waals surface area contributed by atoms with E-state index in [9.17, 15) is 4.79 Å². The van der Waals surface area contributed by atoms with Crippen LogP contribution >= 0.6 is 12.4 Å². The van der Waals surface area contributed by atoms with Crippen molar-refractivity contribution >= 4 is 18.3 Å². The minimum absolute atomic E-state index is 0. The molecule has 2 unspecified atom stereocenters. The van der Waals surface area contributed by atoms with Crippen LogP contribution in [0, 0.1) is 0 Å². The van der Waals surface area contributed by atoms with Gasteiger partial charge in [0.15, 0.2) is 0 Å². The van der Waals surface area contributed by atoms with Gasteiger partial charge in [-0.15, -0.1) is 12.4 Å². The van der Waals surface area contributed by atoms with Gasteiger partial charge in [0.05, 0.1) is 0 Å². The van der Waals surface area contributed by atoms with Crippen LogP contribution in [0.15, 0.2) is 30.3 Å². The fourth-order valence-electron chi connectivity index (χ4n) is 2.43. The van der Waals surface area contributed by atoms with E-state index in [0.717, 1.165) is 25.7 Å². The Balaban J connectivity index is 0.00000400. The SMILES string of the molecule is CCCCC(CN)NC(=O)CC(CC)c1ccccc1.Cl. The molecule has 0 radical (unpaired) electrons. The summed E-state index contributed by atoms with van der Waals surface area (Å²) >= 11 is 0. The Bertz CT molecular complexity index is 384. The van der Waals surface area contributed by atoms with Crippen LogP contribution in [0.2, 0.25) is 0 Å². The first-order valence-electron chi connectivity index (χ1n) is 7.75. The Morgan fingerprint density at radius 2 is 1.90 bits per heavy atom. The van der Waals surface area contributed by atoms with Crippen LogP contribution in [-0.4, -0.2) is 18.5 Å². The molecule has 21 heavy (non-hydrogen) atoms. The van der Waals surface area contributed by atoms with Gasteiger partial charge in [-0.2, -0.15) is 0 Å². The molecule has 0 spiro atoms. The molecule has 0 saturated carbocycles. The quantitative estimate of drug-likeness (QED) is 0.731.